The monoisotopic (exact) mass is 477 g/mol. The molecule has 2 aliphatic heterocycles. The van der Waals surface area contributed by atoms with Crippen LogP contribution in [-0.4, -0.2) is 39.6 Å². The summed E-state index contributed by atoms with van der Waals surface area (Å²) in [4.78, 5) is 6.89. The van der Waals surface area contributed by atoms with Crippen molar-refractivity contribution >= 4 is 27.3 Å². The fourth-order valence-electron chi connectivity index (χ4n) is 3.61. The van der Waals surface area contributed by atoms with Gasteiger partial charge in [0.25, 0.3) is 10.0 Å². The second kappa shape index (κ2) is 8.05. The molecule has 2 aromatic rings. The van der Waals surface area contributed by atoms with E-state index < -0.39 is 33.6 Å². The summed E-state index contributed by atoms with van der Waals surface area (Å²) in [6.45, 7) is 1.29. The van der Waals surface area contributed by atoms with Gasteiger partial charge in [-0.2, -0.15) is 18.7 Å². The maximum atomic E-state index is 13.5. The average molecular weight is 478 g/mol. The first-order chi connectivity index (χ1) is 14.5. The van der Waals surface area contributed by atoms with Gasteiger partial charge in [0.15, 0.2) is 5.75 Å². The Morgan fingerprint density at radius 2 is 2.06 bits per heavy atom. The molecule has 0 amide bonds. The number of hydrogen-bond acceptors (Lipinski definition) is 6. The summed E-state index contributed by atoms with van der Waals surface area (Å²) in [6.07, 6.45) is -4.50. The normalized spacial score (nSPS) is 19.2. The molecule has 0 bridgehead atoms. The number of alkyl halides is 3. The molecule has 12 heteroatoms. The van der Waals surface area contributed by atoms with Crippen LogP contribution in [-0.2, 0) is 22.7 Å². The number of rotatable bonds is 5. The zero-order valence-electron chi connectivity index (χ0n) is 16.3. The van der Waals surface area contributed by atoms with Gasteiger partial charge in [-0.25, -0.2) is 8.42 Å². The fraction of sp³-hybridized carbons (Fsp3) is 0.368. The number of likely N-dealkylation sites (tertiary alicyclic amines) is 1. The van der Waals surface area contributed by atoms with Crippen molar-refractivity contribution in [2.24, 2.45) is 0 Å². The van der Waals surface area contributed by atoms with E-state index in [1.165, 1.54) is 12.1 Å². The first-order valence-corrected chi connectivity index (χ1v) is 11.2. The minimum absolute atomic E-state index is 0.0315. The Balaban J connectivity index is 1.67. The van der Waals surface area contributed by atoms with Crippen molar-refractivity contribution in [3.63, 3.8) is 0 Å². The van der Waals surface area contributed by atoms with Gasteiger partial charge in [-0.05, 0) is 37.7 Å². The van der Waals surface area contributed by atoms with Crippen LogP contribution in [0.4, 0.5) is 18.9 Å². The molecular formula is C19H19ClF3N3O4S. The highest BCUT2D eigenvalue weighted by molar-refractivity contribution is 7.93. The van der Waals surface area contributed by atoms with Crippen LogP contribution in [0.15, 0.2) is 35.2 Å². The highest BCUT2D eigenvalue weighted by atomic mass is 35.5. The van der Waals surface area contributed by atoms with Gasteiger partial charge < -0.3 is 14.5 Å². The molecule has 7 nitrogen and oxygen atoms in total. The van der Waals surface area contributed by atoms with Gasteiger partial charge in [0.2, 0.25) is 0 Å². The lowest BCUT2D eigenvalue weighted by Gasteiger charge is -2.20. The standard InChI is InChI=1S/C19H19ClF3N3O4S/c1-26-7-6-12(10-26)29-17-8-11(2-3-14(17)19(21,22)23)25-31(27,28)18-13-9-24-30-16(13)5-4-15(18)20/h2-5,8,12,24-25H,6-7,9-10H2,1H3/t12-/m1/s1. The second-order valence-electron chi connectivity index (χ2n) is 7.38. The van der Waals surface area contributed by atoms with Crippen LogP contribution in [0.5, 0.6) is 11.5 Å². The topological polar surface area (TPSA) is 79.9 Å². The number of likely N-dealkylation sites (N-methyl/N-ethyl adjacent to an activating group) is 1. The number of nitrogens with one attached hydrogen (secondary N) is 2. The third-order valence-electron chi connectivity index (χ3n) is 5.05. The van der Waals surface area contributed by atoms with E-state index in [-0.39, 0.29) is 22.2 Å². The summed E-state index contributed by atoms with van der Waals surface area (Å²) in [5.41, 5.74) is 1.85. The zero-order chi connectivity index (χ0) is 22.4. The van der Waals surface area contributed by atoms with Crippen molar-refractivity contribution in [1.82, 2.24) is 10.4 Å². The molecule has 1 fully saturated rings. The summed E-state index contributed by atoms with van der Waals surface area (Å²) >= 11 is 6.12. The van der Waals surface area contributed by atoms with Crippen LogP contribution in [0.25, 0.3) is 0 Å². The summed E-state index contributed by atoms with van der Waals surface area (Å²) in [6, 6.07) is 5.79. The average Bonchev–Trinajstić information content (AvgIpc) is 3.28. The Morgan fingerprint density at radius 1 is 1.29 bits per heavy atom. The number of hydroxylamine groups is 1. The molecule has 0 aromatic heterocycles. The van der Waals surface area contributed by atoms with E-state index in [9.17, 15) is 21.6 Å². The van der Waals surface area contributed by atoms with Gasteiger partial charge in [-0.1, -0.05) is 11.6 Å². The molecule has 2 aromatic carbocycles. The minimum atomic E-state index is -4.65. The van der Waals surface area contributed by atoms with Crippen molar-refractivity contribution in [3.8, 4) is 11.5 Å². The first-order valence-electron chi connectivity index (χ1n) is 9.35. The van der Waals surface area contributed by atoms with Crippen molar-refractivity contribution in [2.75, 3.05) is 24.9 Å². The van der Waals surface area contributed by atoms with Crippen LogP contribution >= 0.6 is 11.6 Å². The van der Waals surface area contributed by atoms with Crippen LogP contribution in [0, 0.1) is 0 Å². The smallest absolute Gasteiger partial charge is 0.419 e. The first kappa shape index (κ1) is 22.0. The third kappa shape index (κ3) is 4.54. The summed E-state index contributed by atoms with van der Waals surface area (Å²) in [7, 11) is -2.37. The van der Waals surface area contributed by atoms with Gasteiger partial charge >= 0.3 is 6.18 Å². The maximum Gasteiger partial charge on any atom is 0.419 e. The maximum absolute atomic E-state index is 13.5. The van der Waals surface area contributed by atoms with E-state index >= 15 is 0 Å². The van der Waals surface area contributed by atoms with Gasteiger partial charge in [-0.15, -0.1) is 0 Å². The lowest BCUT2D eigenvalue weighted by molar-refractivity contribution is -0.139. The van der Waals surface area contributed by atoms with E-state index in [4.69, 9.17) is 21.2 Å². The number of ether oxygens (including phenoxy) is 1. The number of anilines is 1. The molecule has 0 aliphatic carbocycles. The summed E-state index contributed by atoms with van der Waals surface area (Å²) < 4.78 is 74.3. The number of sulfonamides is 1. The summed E-state index contributed by atoms with van der Waals surface area (Å²) in [5.74, 6) is -0.117. The second-order valence-corrected chi connectivity index (χ2v) is 9.41. The fourth-order valence-corrected chi connectivity index (χ4v) is 5.46. The molecular weight excluding hydrogens is 459 g/mol. The van der Waals surface area contributed by atoms with Gasteiger partial charge in [0.1, 0.15) is 16.7 Å². The molecule has 0 radical (unpaired) electrons. The van der Waals surface area contributed by atoms with Gasteiger partial charge in [0, 0.05) is 24.7 Å². The highest BCUT2D eigenvalue weighted by Crippen LogP contribution is 2.40. The quantitative estimate of drug-likeness (QED) is 0.684. The van der Waals surface area contributed by atoms with Crippen LogP contribution in [0.1, 0.15) is 17.5 Å². The van der Waals surface area contributed by atoms with Crippen LogP contribution in [0.3, 0.4) is 0 Å². The highest BCUT2D eigenvalue weighted by Gasteiger charge is 2.36. The SMILES string of the molecule is CN1CC[C@@H](Oc2cc(NS(=O)(=O)c3c(Cl)ccc4c3CNO4)ccc2C(F)(F)F)C1. The molecule has 2 heterocycles. The molecule has 0 spiro atoms. The van der Waals surface area contributed by atoms with Gasteiger partial charge in [-0.3, -0.25) is 4.72 Å². The van der Waals surface area contributed by atoms with E-state index in [1.54, 1.807) is 0 Å². The van der Waals surface area contributed by atoms with E-state index in [0.717, 1.165) is 18.2 Å². The molecule has 2 N–H and O–H groups in total. The largest absolute Gasteiger partial charge is 0.488 e. The Kier molecular flexibility index (Phi) is 5.71. The van der Waals surface area contributed by atoms with Crippen molar-refractivity contribution in [1.29, 1.82) is 0 Å². The lowest BCUT2D eigenvalue weighted by atomic mass is 10.1. The number of nitrogens with zero attached hydrogens (tertiary/aromatic N) is 1. The lowest BCUT2D eigenvalue weighted by Crippen LogP contribution is -2.23. The molecule has 1 saturated heterocycles. The summed E-state index contributed by atoms with van der Waals surface area (Å²) in [5, 5.41) is -0.0315. The molecule has 0 unspecified atom stereocenters. The van der Waals surface area contributed by atoms with Crippen molar-refractivity contribution in [3.05, 3.63) is 46.5 Å². The predicted octanol–water partition coefficient (Wildman–Crippen LogP) is 3.64. The Morgan fingerprint density at radius 3 is 2.74 bits per heavy atom. The predicted molar refractivity (Wildman–Crippen MR) is 108 cm³/mol. The number of halogens is 4. The molecule has 1 atom stereocenters. The van der Waals surface area contributed by atoms with Crippen LogP contribution < -0.4 is 19.8 Å². The number of fused-ring (bicyclic) bond motifs is 1. The molecule has 168 valence electrons. The van der Waals surface area contributed by atoms with E-state index in [2.05, 4.69) is 10.2 Å². The molecule has 2 aliphatic rings. The molecule has 31 heavy (non-hydrogen) atoms. The Hall–Kier alpha value is -2.21. The molecule has 0 saturated carbocycles. The third-order valence-corrected chi connectivity index (χ3v) is 6.99. The van der Waals surface area contributed by atoms with E-state index in [1.807, 2.05) is 11.9 Å². The van der Waals surface area contributed by atoms with Gasteiger partial charge in [0.05, 0.1) is 22.8 Å². The van der Waals surface area contributed by atoms with E-state index in [0.29, 0.717) is 30.8 Å². The van der Waals surface area contributed by atoms with Crippen molar-refractivity contribution in [2.45, 2.75) is 30.1 Å². The Bertz CT molecular complexity index is 1110. The van der Waals surface area contributed by atoms with Crippen molar-refractivity contribution < 1.29 is 31.2 Å². The van der Waals surface area contributed by atoms with Crippen LogP contribution in [0.2, 0.25) is 5.02 Å². The zero-order valence-corrected chi connectivity index (χ0v) is 17.9. The number of benzene rings is 2. The number of hydrogen-bond donors (Lipinski definition) is 2. The minimum Gasteiger partial charge on any atom is -0.488 e. The Labute approximate surface area is 182 Å². The molecule has 4 rings (SSSR count).